The van der Waals surface area contributed by atoms with Crippen LogP contribution in [0.5, 0.6) is 0 Å². The summed E-state index contributed by atoms with van der Waals surface area (Å²) in [4.78, 5) is 16.7. The molecule has 2 aliphatic rings. The van der Waals surface area contributed by atoms with Gasteiger partial charge >= 0.3 is 5.97 Å². The largest absolute Gasteiger partial charge is 0.461 e. The Kier molecular flexibility index (Phi) is 3.68. The minimum absolute atomic E-state index is 0.0444. The van der Waals surface area contributed by atoms with Crippen LogP contribution in [0.2, 0.25) is 0 Å². The number of oxazole rings is 1. The molecule has 2 fully saturated rings. The van der Waals surface area contributed by atoms with Gasteiger partial charge in [-0.3, -0.25) is 4.79 Å². The molecule has 128 valence electrons. The van der Waals surface area contributed by atoms with Crippen LogP contribution in [0.15, 0.2) is 33.9 Å². The number of thioether (sulfide) groups is 1. The number of hydrogen-bond donors (Lipinski definition) is 0. The molecule has 0 radical (unpaired) electrons. The Labute approximate surface area is 146 Å². The second-order valence-electron chi connectivity index (χ2n) is 7.83. The van der Waals surface area contributed by atoms with E-state index in [9.17, 15) is 4.79 Å². The number of fused-ring (bicyclic) bond motifs is 3. The lowest BCUT2D eigenvalue weighted by Gasteiger charge is -2.38. The number of benzene rings is 1. The van der Waals surface area contributed by atoms with E-state index in [1.54, 1.807) is 0 Å². The lowest BCUT2D eigenvalue weighted by molar-refractivity contribution is -0.153. The number of nitrogens with zero attached hydrogens (tertiary/aromatic N) is 1. The number of esters is 1. The van der Waals surface area contributed by atoms with Crippen LogP contribution in [0.4, 0.5) is 0 Å². The molecular weight excluding hydrogens is 322 g/mol. The van der Waals surface area contributed by atoms with Crippen molar-refractivity contribution in [1.29, 1.82) is 0 Å². The van der Waals surface area contributed by atoms with Gasteiger partial charge in [-0.1, -0.05) is 44.7 Å². The van der Waals surface area contributed by atoms with E-state index in [2.05, 4.69) is 25.8 Å². The first-order valence-electron chi connectivity index (χ1n) is 8.58. The minimum Gasteiger partial charge on any atom is -0.461 e. The highest BCUT2D eigenvalue weighted by molar-refractivity contribution is 7.99. The quantitative estimate of drug-likeness (QED) is 0.595. The van der Waals surface area contributed by atoms with Gasteiger partial charge in [0.25, 0.3) is 5.22 Å². The summed E-state index contributed by atoms with van der Waals surface area (Å²) >= 11 is 1.30. The second kappa shape index (κ2) is 5.51. The molecule has 0 spiro atoms. The van der Waals surface area contributed by atoms with Crippen molar-refractivity contribution in [2.24, 2.45) is 16.7 Å². The van der Waals surface area contributed by atoms with Crippen molar-refractivity contribution in [3.8, 4) is 0 Å². The average molecular weight is 345 g/mol. The van der Waals surface area contributed by atoms with Crippen LogP contribution < -0.4 is 0 Å². The smallest absolute Gasteiger partial charge is 0.316 e. The first-order chi connectivity index (χ1) is 11.4. The van der Waals surface area contributed by atoms with Gasteiger partial charge in [0.05, 0.1) is 0 Å². The molecule has 2 aromatic rings. The Bertz CT molecular complexity index is 751. The number of carbonyl (C=O) groups excluding carboxylic acids is 1. The Hall–Kier alpha value is -1.49. The van der Waals surface area contributed by atoms with Gasteiger partial charge in [-0.15, -0.1) is 0 Å². The van der Waals surface area contributed by atoms with Crippen LogP contribution in [0.1, 0.15) is 40.0 Å². The SMILES string of the molecule is CC1(C)[C@@H]2CC[C@@]1(C)[C@H](OC(=O)CSc1nc3ccccc3o1)C2. The van der Waals surface area contributed by atoms with Crippen molar-refractivity contribution in [1.82, 2.24) is 4.98 Å². The number of carbonyl (C=O) groups is 1. The van der Waals surface area contributed by atoms with Gasteiger partial charge in [-0.2, -0.15) is 0 Å². The number of ether oxygens (including phenoxy) is 1. The van der Waals surface area contributed by atoms with Crippen LogP contribution in [0.25, 0.3) is 11.1 Å². The maximum Gasteiger partial charge on any atom is 0.316 e. The monoisotopic (exact) mass is 345 g/mol. The molecule has 4 rings (SSSR count). The van der Waals surface area contributed by atoms with Crippen LogP contribution in [0.3, 0.4) is 0 Å². The highest BCUT2D eigenvalue weighted by atomic mass is 32.2. The highest BCUT2D eigenvalue weighted by Crippen LogP contribution is 2.66. The first kappa shape index (κ1) is 16.0. The summed E-state index contributed by atoms with van der Waals surface area (Å²) in [5.74, 6) is 0.742. The summed E-state index contributed by atoms with van der Waals surface area (Å²) < 4.78 is 11.5. The number of hydrogen-bond acceptors (Lipinski definition) is 5. The van der Waals surface area contributed by atoms with Gasteiger partial charge in [0, 0.05) is 5.41 Å². The summed E-state index contributed by atoms with van der Waals surface area (Å²) in [5.41, 5.74) is 1.92. The topological polar surface area (TPSA) is 52.3 Å². The summed E-state index contributed by atoms with van der Waals surface area (Å²) in [5, 5.41) is 0.521. The molecular formula is C19H23NO3S. The maximum atomic E-state index is 12.3. The molecule has 2 aliphatic carbocycles. The van der Waals surface area contributed by atoms with Crippen LogP contribution in [0, 0.1) is 16.7 Å². The molecule has 2 bridgehead atoms. The molecule has 0 aliphatic heterocycles. The molecule has 1 heterocycles. The van der Waals surface area contributed by atoms with E-state index in [1.165, 1.54) is 18.2 Å². The van der Waals surface area contributed by atoms with Gasteiger partial charge in [-0.25, -0.2) is 4.98 Å². The van der Waals surface area contributed by atoms with Gasteiger partial charge in [0.1, 0.15) is 17.4 Å². The second-order valence-corrected chi connectivity index (χ2v) is 8.75. The molecule has 3 atom stereocenters. The molecule has 4 nitrogen and oxygen atoms in total. The van der Waals surface area contributed by atoms with E-state index in [0.717, 1.165) is 23.9 Å². The minimum atomic E-state index is -0.170. The van der Waals surface area contributed by atoms with Crippen molar-refractivity contribution in [3.05, 3.63) is 24.3 Å². The van der Waals surface area contributed by atoms with Crippen LogP contribution >= 0.6 is 11.8 Å². The van der Waals surface area contributed by atoms with Crippen molar-refractivity contribution in [3.63, 3.8) is 0 Å². The first-order valence-corrected chi connectivity index (χ1v) is 9.56. The molecule has 0 unspecified atom stereocenters. The predicted molar refractivity (Wildman–Crippen MR) is 93.8 cm³/mol. The fourth-order valence-electron chi connectivity index (χ4n) is 4.53. The van der Waals surface area contributed by atoms with Gasteiger partial charge in [0.2, 0.25) is 0 Å². The van der Waals surface area contributed by atoms with E-state index in [4.69, 9.17) is 9.15 Å². The van der Waals surface area contributed by atoms with Crippen molar-refractivity contribution in [2.45, 2.75) is 51.4 Å². The van der Waals surface area contributed by atoms with E-state index >= 15 is 0 Å². The number of para-hydroxylation sites is 2. The third-order valence-corrected chi connectivity index (χ3v) is 7.38. The van der Waals surface area contributed by atoms with Crippen molar-refractivity contribution in [2.75, 3.05) is 5.75 Å². The van der Waals surface area contributed by atoms with Crippen LogP contribution in [-0.4, -0.2) is 22.8 Å². The number of aromatic nitrogens is 1. The Morgan fingerprint density at radius 3 is 2.83 bits per heavy atom. The highest BCUT2D eigenvalue weighted by Gasteiger charge is 2.62. The van der Waals surface area contributed by atoms with E-state index in [-0.39, 0.29) is 28.7 Å². The summed E-state index contributed by atoms with van der Waals surface area (Å²) in [7, 11) is 0. The predicted octanol–water partition coefficient (Wildman–Crippen LogP) is 4.68. The molecule has 0 saturated heterocycles. The normalized spacial score (nSPS) is 30.8. The average Bonchev–Trinajstić information content (AvgIpc) is 3.11. The third kappa shape index (κ3) is 2.36. The molecule has 24 heavy (non-hydrogen) atoms. The maximum absolute atomic E-state index is 12.3. The standard InChI is InChI=1S/C19H23NO3S/c1-18(2)12-8-9-19(18,3)15(10-12)23-16(21)11-24-17-20-13-6-4-5-7-14(13)22-17/h4-7,12,15H,8-11H2,1-3H3/t12-,15-,19+/m1/s1. The lowest BCUT2D eigenvalue weighted by atomic mass is 9.70. The fourth-order valence-corrected chi connectivity index (χ4v) is 5.16. The molecule has 1 aromatic carbocycles. The number of rotatable bonds is 4. The zero-order valence-corrected chi connectivity index (χ0v) is 15.2. The third-order valence-electron chi connectivity index (χ3n) is 6.58. The zero-order valence-electron chi connectivity index (χ0n) is 14.4. The molecule has 1 aromatic heterocycles. The van der Waals surface area contributed by atoms with Crippen LogP contribution in [-0.2, 0) is 9.53 Å². The van der Waals surface area contributed by atoms with Crippen molar-refractivity contribution < 1.29 is 13.9 Å². The van der Waals surface area contributed by atoms with E-state index in [1.807, 2.05) is 24.3 Å². The van der Waals surface area contributed by atoms with E-state index < -0.39 is 0 Å². The summed E-state index contributed by atoms with van der Waals surface area (Å²) in [6, 6.07) is 7.61. The molecule has 5 heteroatoms. The Morgan fingerprint density at radius 1 is 1.38 bits per heavy atom. The molecule has 0 N–H and O–H groups in total. The Balaban J connectivity index is 1.37. The van der Waals surface area contributed by atoms with Gasteiger partial charge in [0.15, 0.2) is 5.58 Å². The summed E-state index contributed by atoms with van der Waals surface area (Å²) in [6.07, 6.45) is 3.46. The van der Waals surface area contributed by atoms with Gasteiger partial charge < -0.3 is 9.15 Å². The molecule has 0 amide bonds. The lowest BCUT2D eigenvalue weighted by Crippen LogP contribution is -2.38. The van der Waals surface area contributed by atoms with Gasteiger partial charge in [-0.05, 0) is 42.7 Å². The van der Waals surface area contributed by atoms with E-state index in [0.29, 0.717) is 11.1 Å². The Morgan fingerprint density at radius 2 is 2.17 bits per heavy atom. The van der Waals surface area contributed by atoms with Crippen molar-refractivity contribution >= 4 is 28.8 Å². The summed E-state index contributed by atoms with van der Waals surface area (Å²) in [6.45, 7) is 6.93. The fraction of sp³-hybridized carbons (Fsp3) is 0.579. The molecule has 2 saturated carbocycles. The zero-order chi connectivity index (χ0) is 16.9.